The Balaban J connectivity index is 1.72. The first-order chi connectivity index (χ1) is 10.7. The highest BCUT2D eigenvalue weighted by Crippen LogP contribution is 2.28. The summed E-state index contributed by atoms with van der Waals surface area (Å²) in [5.74, 6) is 1.20. The van der Waals surface area contributed by atoms with Gasteiger partial charge in [0.1, 0.15) is 5.01 Å². The summed E-state index contributed by atoms with van der Waals surface area (Å²) >= 11 is 1.70. The van der Waals surface area contributed by atoms with Crippen LogP contribution >= 0.6 is 11.3 Å². The molecule has 6 nitrogen and oxygen atoms in total. The van der Waals surface area contributed by atoms with Crippen LogP contribution in [0, 0.1) is 5.92 Å². The molecule has 1 fully saturated rings. The highest BCUT2D eigenvalue weighted by atomic mass is 32.1. The van der Waals surface area contributed by atoms with Gasteiger partial charge in [0.25, 0.3) is 0 Å². The highest BCUT2D eigenvalue weighted by Gasteiger charge is 2.28. The van der Waals surface area contributed by atoms with E-state index in [9.17, 15) is 4.79 Å². The van der Waals surface area contributed by atoms with E-state index in [1.807, 2.05) is 13.1 Å². The van der Waals surface area contributed by atoms with Crippen LogP contribution in [0.5, 0.6) is 0 Å². The summed E-state index contributed by atoms with van der Waals surface area (Å²) in [5, 5.41) is 10.4. The number of guanidine groups is 1. The minimum Gasteiger partial charge on any atom is -0.357 e. The lowest BCUT2D eigenvalue weighted by molar-refractivity contribution is -0.122. The van der Waals surface area contributed by atoms with Crippen LogP contribution in [0.2, 0.25) is 0 Å². The molecule has 1 heterocycles. The summed E-state index contributed by atoms with van der Waals surface area (Å²) in [5.41, 5.74) is 0. The van der Waals surface area contributed by atoms with Gasteiger partial charge in [-0.1, -0.05) is 6.92 Å². The lowest BCUT2D eigenvalue weighted by Crippen LogP contribution is -2.41. The van der Waals surface area contributed by atoms with Crippen LogP contribution in [0.3, 0.4) is 0 Å². The van der Waals surface area contributed by atoms with Crippen molar-refractivity contribution < 1.29 is 4.79 Å². The zero-order chi connectivity index (χ0) is 15.8. The Hall–Kier alpha value is -1.63. The normalized spacial score (nSPS) is 14.7. The van der Waals surface area contributed by atoms with Crippen molar-refractivity contribution in [3.8, 4) is 0 Å². The molecule has 1 aliphatic rings. The Bertz CT molecular complexity index is 510. The zero-order valence-electron chi connectivity index (χ0n) is 13.3. The second-order valence-corrected chi connectivity index (χ2v) is 6.46. The molecule has 0 atom stereocenters. The largest absolute Gasteiger partial charge is 0.357 e. The number of aliphatic imine (C=N–C) groups is 1. The van der Waals surface area contributed by atoms with Crippen molar-refractivity contribution in [2.24, 2.45) is 10.9 Å². The Morgan fingerprint density at radius 3 is 2.73 bits per heavy atom. The molecule has 1 amide bonds. The van der Waals surface area contributed by atoms with Crippen molar-refractivity contribution in [2.75, 3.05) is 19.6 Å². The third-order valence-electron chi connectivity index (χ3n) is 3.33. The molecule has 7 heteroatoms. The number of aromatic nitrogens is 1. The van der Waals surface area contributed by atoms with Gasteiger partial charge < -0.3 is 16.0 Å². The average molecular weight is 323 g/mol. The standard InChI is InChI=1S/C15H25N5OS/c1-3-12-9-19-13(22-12)10-20-15(16-4-2)18-8-7-17-14(21)11-5-6-11/h9,11H,3-8,10H2,1-2H3,(H,17,21)(H2,16,18,20). The smallest absolute Gasteiger partial charge is 0.223 e. The second kappa shape index (κ2) is 8.73. The maximum absolute atomic E-state index is 11.5. The van der Waals surface area contributed by atoms with Crippen LogP contribution in [0.25, 0.3) is 0 Å². The first kappa shape index (κ1) is 16.7. The zero-order valence-corrected chi connectivity index (χ0v) is 14.1. The minimum absolute atomic E-state index is 0.179. The van der Waals surface area contributed by atoms with E-state index in [0.717, 1.165) is 36.8 Å². The number of carbonyl (C=O) groups excluding carboxylic acids is 1. The van der Waals surface area contributed by atoms with Gasteiger partial charge in [-0.25, -0.2) is 9.98 Å². The third-order valence-corrected chi connectivity index (χ3v) is 4.46. The maximum Gasteiger partial charge on any atom is 0.223 e. The monoisotopic (exact) mass is 323 g/mol. The number of carbonyl (C=O) groups is 1. The predicted octanol–water partition coefficient (Wildman–Crippen LogP) is 1.29. The first-order valence-corrected chi connectivity index (χ1v) is 8.78. The molecule has 0 saturated heterocycles. The molecule has 0 bridgehead atoms. The van der Waals surface area contributed by atoms with Gasteiger partial charge in [0, 0.05) is 36.6 Å². The van der Waals surface area contributed by atoms with E-state index >= 15 is 0 Å². The van der Waals surface area contributed by atoms with Crippen molar-refractivity contribution in [3.05, 3.63) is 16.1 Å². The molecule has 1 saturated carbocycles. The van der Waals surface area contributed by atoms with Crippen molar-refractivity contribution in [1.82, 2.24) is 20.9 Å². The van der Waals surface area contributed by atoms with Crippen LogP contribution in [0.4, 0.5) is 0 Å². The molecular weight excluding hydrogens is 298 g/mol. The highest BCUT2D eigenvalue weighted by molar-refractivity contribution is 7.11. The second-order valence-electron chi connectivity index (χ2n) is 5.26. The molecular formula is C15H25N5OS. The van der Waals surface area contributed by atoms with Crippen LogP contribution in [-0.4, -0.2) is 36.5 Å². The van der Waals surface area contributed by atoms with Gasteiger partial charge in [-0.15, -0.1) is 11.3 Å². The third kappa shape index (κ3) is 5.63. The van der Waals surface area contributed by atoms with Crippen LogP contribution in [-0.2, 0) is 17.8 Å². The summed E-state index contributed by atoms with van der Waals surface area (Å²) in [6.45, 7) is 6.83. The van der Waals surface area contributed by atoms with E-state index in [4.69, 9.17) is 0 Å². The number of rotatable bonds is 8. The van der Waals surface area contributed by atoms with Crippen LogP contribution < -0.4 is 16.0 Å². The van der Waals surface area contributed by atoms with Crippen LogP contribution in [0.15, 0.2) is 11.2 Å². The molecule has 1 aromatic rings. The number of thiazole rings is 1. The van der Waals surface area contributed by atoms with Gasteiger partial charge in [-0.2, -0.15) is 0 Å². The van der Waals surface area contributed by atoms with E-state index in [1.165, 1.54) is 4.88 Å². The molecule has 0 unspecified atom stereocenters. The molecule has 2 rings (SSSR count). The SMILES string of the molecule is CCNC(=NCc1ncc(CC)s1)NCCNC(=O)C1CC1. The van der Waals surface area contributed by atoms with E-state index < -0.39 is 0 Å². The first-order valence-electron chi connectivity index (χ1n) is 7.96. The molecule has 1 aromatic heterocycles. The number of hydrogen-bond donors (Lipinski definition) is 3. The molecule has 0 spiro atoms. The summed E-state index contributed by atoms with van der Waals surface area (Å²) in [6.07, 6.45) is 5.01. The minimum atomic E-state index is 0.179. The van der Waals surface area contributed by atoms with Crippen LogP contribution in [0.1, 0.15) is 36.6 Å². The Labute approximate surface area is 135 Å². The van der Waals surface area contributed by atoms with Gasteiger partial charge in [0.15, 0.2) is 5.96 Å². The maximum atomic E-state index is 11.5. The van der Waals surface area contributed by atoms with E-state index in [-0.39, 0.29) is 11.8 Å². The Morgan fingerprint density at radius 2 is 2.09 bits per heavy atom. The van der Waals surface area contributed by atoms with Crippen molar-refractivity contribution >= 4 is 23.2 Å². The molecule has 1 aliphatic carbocycles. The van der Waals surface area contributed by atoms with Gasteiger partial charge in [-0.05, 0) is 26.2 Å². The van der Waals surface area contributed by atoms with Gasteiger partial charge >= 0.3 is 0 Å². The fourth-order valence-electron chi connectivity index (χ4n) is 1.93. The van der Waals surface area contributed by atoms with Gasteiger partial charge in [0.2, 0.25) is 5.91 Å². The van der Waals surface area contributed by atoms with Crippen molar-refractivity contribution in [2.45, 2.75) is 39.7 Å². The molecule has 0 aromatic carbocycles. The van der Waals surface area contributed by atoms with E-state index in [2.05, 4.69) is 32.9 Å². The lowest BCUT2D eigenvalue weighted by Gasteiger charge is -2.11. The number of hydrogen-bond acceptors (Lipinski definition) is 4. The quantitative estimate of drug-likeness (QED) is 0.383. The lowest BCUT2D eigenvalue weighted by atomic mass is 10.4. The van der Waals surface area contributed by atoms with Crippen molar-refractivity contribution in [1.29, 1.82) is 0 Å². The molecule has 22 heavy (non-hydrogen) atoms. The summed E-state index contributed by atoms with van der Waals surface area (Å²) < 4.78 is 0. The molecule has 0 aliphatic heterocycles. The van der Waals surface area contributed by atoms with Gasteiger partial charge in [0.05, 0.1) is 6.54 Å². The number of amides is 1. The van der Waals surface area contributed by atoms with Crippen molar-refractivity contribution in [3.63, 3.8) is 0 Å². The topological polar surface area (TPSA) is 78.4 Å². The van der Waals surface area contributed by atoms with E-state index in [1.54, 1.807) is 11.3 Å². The average Bonchev–Trinajstić information content (AvgIpc) is 3.28. The van der Waals surface area contributed by atoms with E-state index in [0.29, 0.717) is 19.6 Å². The Morgan fingerprint density at radius 1 is 1.32 bits per heavy atom. The number of nitrogens with zero attached hydrogens (tertiary/aromatic N) is 2. The molecule has 122 valence electrons. The summed E-state index contributed by atoms with van der Waals surface area (Å²) in [6, 6.07) is 0. The predicted molar refractivity (Wildman–Crippen MR) is 90.0 cm³/mol. The summed E-state index contributed by atoms with van der Waals surface area (Å²) in [4.78, 5) is 21.7. The molecule has 3 N–H and O–H groups in total. The molecule has 0 radical (unpaired) electrons. The Kier molecular flexibility index (Phi) is 6.64. The fourth-order valence-corrected chi connectivity index (χ4v) is 2.72. The number of nitrogens with one attached hydrogen (secondary N) is 3. The van der Waals surface area contributed by atoms with Gasteiger partial charge in [-0.3, -0.25) is 4.79 Å². The fraction of sp³-hybridized carbons (Fsp3) is 0.667. The number of aryl methyl sites for hydroxylation is 1. The summed E-state index contributed by atoms with van der Waals surface area (Å²) in [7, 11) is 0.